The fraction of sp³-hybridized carbons (Fsp3) is 0.568. The van der Waals surface area contributed by atoms with Crippen LogP contribution in [0.2, 0.25) is 0 Å². The number of rotatable bonds is 8. The number of amides is 2. The first-order chi connectivity index (χ1) is 20.4. The van der Waals surface area contributed by atoms with E-state index >= 15 is 0 Å². The number of aromatic nitrogens is 1. The van der Waals surface area contributed by atoms with Gasteiger partial charge in [-0.3, -0.25) is 9.59 Å². The lowest BCUT2D eigenvalue weighted by molar-refractivity contribution is -0.150. The molecule has 3 aromatic rings. The summed E-state index contributed by atoms with van der Waals surface area (Å²) in [6, 6.07) is 15.0. The molecule has 5 aliphatic carbocycles. The maximum absolute atomic E-state index is 15.0. The van der Waals surface area contributed by atoms with Crippen molar-refractivity contribution in [1.29, 1.82) is 0 Å². The van der Waals surface area contributed by atoms with Crippen LogP contribution in [0.25, 0.3) is 10.9 Å². The van der Waals surface area contributed by atoms with Gasteiger partial charge in [0, 0.05) is 40.7 Å². The molecule has 0 unspecified atom stereocenters. The van der Waals surface area contributed by atoms with Gasteiger partial charge in [-0.15, -0.1) is 0 Å². The summed E-state index contributed by atoms with van der Waals surface area (Å²) in [6.45, 7) is 10.4. The summed E-state index contributed by atoms with van der Waals surface area (Å²) in [5, 5.41) is 4.73. The molecule has 6 heteroatoms. The van der Waals surface area contributed by atoms with Crippen molar-refractivity contribution in [3.8, 4) is 0 Å². The molecule has 8 rings (SSSR count). The normalized spacial score (nSPS) is 30.4. The van der Waals surface area contributed by atoms with Crippen LogP contribution in [0.1, 0.15) is 95.4 Å². The van der Waals surface area contributed by atoms with E-state index in [2.05, 4.69) is 49.3 Å². The molecule has 2 N–H and O–H groups in total. The van der Waals surface area contributed by atoms with Crippen LogP contribution in [0.4, 0.5) is 4.39 Å². The average Bonchev–Trinajstić information content (AvgIpc) is 3.28. The lowest BCUT2D eigenvalue weighted by Crippen LogP contribution is -2.65. The number of aromatic amines is 1. The number of hydrogen-bond acceptors (Lipinski definition) is 2. The maximum Gasteiger partial charge on any atom is 0.245 e. The monoisotopic (exact) mass is 583 g/mol. The molecule has 2 atom stereocenters. The van der Waals surface area contributed by atoms with E-state index in [1.54, 1.807) is 23.1 Å². The average molecular weight is 584 g/mol. The van der Waals surface area contributed by atoms with Crippen LogP contribution in [0.3, 0.4) is 0 Å². The van der Waals surface area contributed by atoms with Crippen molar-refractivity contribution in [2.24, 2.45) is 29.1 Å². The quantitative estimate of drug-likeness (QED) is 0.286. The largest absolute Gasteiger partial charge is 0.358 e. The van der Waals surface area contributed by atoms with Gasteiger partial charge in [0.05, 0.1) is 0 Å². The van der Waals surface area contributed by atoms with Gasteiger partial charge in [0.15, 0.2) is 0 Å². The molecule has 0 aliphatic heterocycles. The van der Waals surface area contributed by atoms with Crippen molar-refractivity contribution < 1.29 is 14.0 Å². The van der Waals surface area contributed by atoms with E-state index in [4.69, 9.17) is 0 Å². The van der Waals surface area contributed by atoms with Gasteiger partial charge in [0.1, 0.15) is 11.4 Å². The highest BCUT2D eigenvalue weighted by Gasteiger charge is 2.60. The standard InChI is InChI=1S/C37H46FN3O2/c1-22-32(27-11-7-9-13-30(27)39-22)33-28(35(33,2)3)17-31(42)41(21-26-10-6-8-12-29(26)38)36(4,5)34(43)40-37-18-23-14-24(19-37)16-25(15-23)20-37/h6-13,23-25,28,33,39H,14-21H2,1-5H3,(H,40,43)/t23?,24?,25?,28-,33+,37?/m1/s1. The fourth-order valence-electron chi connectivity index (χ4n) is 9.87. The van der Waals surface area contributed by atoms with Crippen LogP contribution < -0.4 is 5.32 Å². The molecule has 5 saturated carbocycles. The highest BCUT2D eigenvalue weighted by Crippen LogP contribution is 2.67. The van der Waals surface area contributed by atoms with E-state index in [0.717, 1.165) is 30.5 Å². The Morgan fingerprint density at radius 3 is 2.23 bits per heavy atom. The van der Waals surface area contributed by atoms with Crippen molar-refractivity contribution >= 4 is 22.7 Å². The number of aryl methyl sites for hydroxylation is 1. The Hall–Kier alpha value is -3.15. The number of carbonyl (C=O) groups is 2. The van der Waals surface area contributed by atoms with Crippen LogP contribution in [0, 0.1) is 41.8 Å². The summed E-state index contributed by atoms with van der Waals surface area (Å²) >= 11 is 0. The lowest BCUT2D eigenvalue weighted by Gasteiger charge is -2.57. The topological polar surface area (TPSA) is 65.2 Å². The van der Waals surface area contributed by atoms with Crippen LogP contribution in [0.15, 0.2) is 48.5 Å². The number of H-pyrrole nitrogens is 1. The van der Waals surface area contributed by atoms with E-state index < -0.39 is 5.54 Å². The third-order valence-corrected chi connectivity index (χ3v) is 11.9. The molecule has 1 heterocycles. The third kappa shape index (κ3) is 4.80. The summed E-state index contributed by atoms with van der Waals surface area (Å²) in [5.74, 6) is 1.91. The Balaban J connectivity index is 1.16. The van der Waals surface area contributed by atoms with E-state index in [1.165, 1.54) is 36.3 Å². The van der Waals surface area contributed by atoms with Crippen molar-refractivity contribution in [3.05, 3.63) is 71.2 Å². The Morgan fingerprint density at radius 2 is 1.58 bits per heavy atom. The zero-order valence-corrected chi connectivity index (χ0v) is 26.3. The molecule has 43 heavy (non-hydrogen) atoms. The minimum absolute atomic E-state index is 0.0662. The van der Waals surface area contributed by atoms with Crippen molar-refractivity contribution in [2.45, 2.75) is 103 Å². The summed E-state index contributed by atoms with van der Waals surface area (Å²) in [5.41, 5.74) is 2.63. The van der Waals surface area contributed by atoms with Gasteiger partial charge in [0.25, 0.3) is 0 Å². The SMILES string of the molecule is Cc1[nH]c2ccccc2c1[C@@H]1[C@@H](CC(=O)N(Cc2ccccc2F)C(C)(C)C(=O)NC23CC4CC(CC(C4)C2)C3)C1(C)C. The molecule has 5 nitrogen and oxygen atoms in total. The minimum Gasteiger partial charge on any atom is -0.358 e. The molecule has 4 bridgehead atoms. The fourth-order valence-corrected chi connectivity index (χ4v) is 9.87. The molecule has 2 amide bonds. The summed E-state index contributed by atoms with van der Waals surface area (Å²) in [4.78, 5) is 33.8. The predicted octanol–water partition coefficient (Wildman–Crippen LogP) is 7.64. The first-order valence-electron chi connectivity index (χ1n) is 16.3. The molecule has 5 aliphatic rings. The maximum atomic E-state index is 15.0. The first-order valence-corrected chi connectivity index (χ1v) is 16.3. The molecule has 2 aromatic carbocycles. The highest BCUT2D eigenvalue weighted by atomic mass is 19.1. The highest BCUT2D eigenvalue weighted by molar-refractivity contribution is 5.92. The van der Waals surface area contributed by atoms with Gasteiger partial charge in [-0.05, 0) is 112 Å². The molecular weight excluding hydrogens is 537 g/mol. The van der Waals surface area contributed by atoms with Crippen LogP contribution in [0.5, 0.6) is 0 Å². The summed E-state index contributed by atoms with van der Waals surface area (Å²) in [7, 11) is 0. The number of benzene rings is 2. The predicted molar refractivity (Wildman–Crippen MR) is 168 cm³/mol. The number of halogens is 1. The van der Waals surface area contributed by atoms with E-state index in [9.17, 15) is 14.0 Å². The Bertz CT molecular complexity index is 1550. The first kappa shape index (κ1) is 28.6. The number of carbonyl (C=O) groups excluding carboxylic acids is 2. The zero-order chi connectivity index (χ0) is 30.3. The minimum atomic E-state index is -1.13. The van der Waals surface area contributed by atoms with Gasteiger partial charge < -0.3 is 15.2 Å². The second-order valence-electron chi connectivity index (χ2n) is 15.6. The van der Waals surface area contributed by atoms with Crippen LogP contribution in [-0.2, 0) is 16.1 Å². The second kappa shape index (κ2) is 9.93. The number of fused-ring (bicyclic) bond motifs is 1. The Labute approximate surface area is 255 Å². The number of para-hydroxylation sites is 1. The van der Waals surface area contributed by atoms with Gasteiger partial charge >= 0.3 is 0 Å². The van der Waals surface area contributed by atoms with E-state index in [1.807, 2.05) is 19.9 Å². The summed E-state index contributed by atoms with van der Waals surface area (Å²) < 4.78 is 15.0. The number of nitrogens with zero attached hydrogens (tertiary/aromatic N) is 1. The molecular formula is C37H46FN3O2. The molecule has 1 aromatic heterocycles. The van der Waals surface area contributed by atoms with Gasteiger partial charge in [0.2, 0.25) is 11.8 Å². The van der Waals surface area contributed by atoms with Gasteiger partial charge in [-0.1, -0.05) is 50.2 Å². The van der Waals surface area contributed by atoms with Crippen molar-refractivity contribution in [3.63, 3.8) is 0 Å². The molecule has 0 spiro atoms. The lowest BCUT2D eigenvalue weighted by atomic mass is 9.53. The van der Waals surface area contributed by atoms with Crippen LogP contribution in [-0.4, -0.2) is 32.8 Å². The molecule has 228 valence electrons. The smallest absolute Gasteiger partial charge is 0.245 e. The number of hydrogen-bond donors (Lipinski definition) is 2. The van der Waals surface area contributed by atoms with Crippen molar-refractivity contribution in [1.82, 2.24) is 15.2 Å². The Morgan fingerprint density at radius 1 is 0.977 bits per heavy atom. The van der Waals surface area contributed by atoms with Gasteiger partial charge in [-0.25, -0.2) is 4.39 Å². The number of nitrogens with one attached hydrogen (secondary N) is 2. The second-order valence-corrected chi connectivity index (χ2v) is 15.6. The van der Waals surface area contributed by atoms with E-state index in [0.29, 0.717) is 29.7 Å². The van der Waals surface area contributed by atoms with E-state index in [-0.39, 0.29) is 47.0 Å². The zero-order valence-electron chi connectivity index (χ0n) is 26.3. The third-order valence-electron chi connectivity index (χ3n) is 11.9. The van der Waals surface area contributed by atoms with Gasteiger partial charge in [-0.2, -0.15) is 0 Å². The van der Waals surface area contributed by atoms with Crippen molar-refractivity contribution in [2.75, 3.05) is 0 Å². The molecule has 0 radical (unpaired) electrons. The summed E-state index contributed by atoms with van der Waals surface area (Å²) in [6.07, 6.45) is 7.34. The Kier molecular flexibility index (Phi) is 6.61. The molecule has 5 fully saturated rings. The van der Waals surface area contributed by atoms with Crippen LogP contribution >= 0.6 is 0 Å². The molecule has 0 saturated heterocycles.